The molecule has 0 unspecified atom stereocenters. The lowest BCUT2D eigenvalue weighted by atomic mass is 10.1. The number of benzene rings is 2. The third kappa shape index (κ3) is 4.32. The first-order valence-corrected chi connectivity index (χ1v) is 7.69. The molecule has 0 saturated heterocycles. The van der Waals surface area contributed by atoms with Crippen molar-refractivity contribution in [3.05, 3.63) is 73.9 Å². The van der Waals surface area contributed by atoms with Gasteiger partial charge in [-0.15, -0.1) is 0 Å². The third-order valence-corrected chi connectivity index (χ3v) is 3.97. The maximum Gasteiger partial charge on any atom is 0.352 e. The van der Waals surface area contributed by atoms with Gasteiger partial charge in [-0.25, -0.2) is 4.79 Å². The average Bonchev–Trinajstić information content (AvgIpc) is 2.49. The van der Waals surface area contributed by atoms with E-state index in [-0.39, 0.29) is 5.70 Å². The first kappa shape index (κ1) is 16.5. The van der Waals surface area contributed by atoms with Crippen molar-refractivity contribution < 1.29 is 14.7 Å². The predicted molar refractivity (Wildman–Crippen MR) is 93.7 cm³/mol. The van der Waals surface area contributed by atoms with E-state index in [1.165, 1.54) is 6.08 Å². The number of amides is 1. The Balaban J connectivity index is 2.26. The van der Waals surface area contributed by atoms with E-state index < -0.39 is 11.9 Å². The van der Waals surface area contributed by atoms with Gasteiger partial charge in [0.15, 0.2) is 0 Å². The molecular formula is C16H11ClINO3. The van der Waals surface area contributed by atoms with Crippen molar-refractivity contribution in [2.75, 3.05) is 0 Å². The fourth-order valence-corrected chi connectivity index (χ4v) is 2.47. The van der Waals surface area contributed by atoms with E-state index in [1.54, 1.807) is 48.5 Å². The molecule has 0 fully saturated rings. The zero-order valence-corrected chi connectivity index (χ0v) is 14.1. The maximum absolute atomic E-state index is 12.2. The van der Waals surface area contributed by atoms with E-state index in [0.29, 0.717) is 16.1 Å². The van der Waals surface area contributed by atoms with E-state index in [4.69, 9.17) is 11.6 Å². The Labute approximate surface area is 145 Å². The van der Waals surface area contributed by atoms with Crippen LogP contribution in [0.5, 0.6) is 0 Å². The monoisotopic (exact) mass is 427 g/mol. The molecule has 2 aromatic carbocycles. The minimum atomic E-state index is -1.21. The number of hydrogen-bond acceptors (Lipinski definition) is 2. The molecule has 0 aliphatic rings. The molecule has 0 heterocycles. The summed E-state index contributed by atoms with van der Waals surface area (Å²) in [5.41, 5.74) is 0.850. The maximum atomic E-state index is 12.2. The molecular weight excluding hydrogens is 417 g/mol. The first-order valence-electron chi connectivity index (χ1n) is 6.24. The fraction of sp³-hybridized carbons (Fsp3) is 0. The largest absolute Gasteiger partial charge is 0.477 e. The molecule has 2 N–H and O–H groups in total. The van der Waals surface area contributed by atoms with E-state index >= 15 is 0 Å². The Kier molecular flexibility index (Phi) is 5.57. The molecule has 0 saturated carbocycles. The summed E-state index contributed by atoms with van der Waals surface area (Å²) < 4.78 is 0.744. The number of carboxylic acids is 1. The van der Waals surface area contributed by atoms with Crippen LogP contribution in [0.1, 0.15) is 15.9 Å². The topological polar surface area (TPSA) is 66.4 Å². The van der Waals surface area contributed by atoms with Gasteiger partial charge in [0, 0.05) is 8.59 Å². The molecule has 112 valence electrons. The van der Waals surface area contributed by atoms with Crippen LogP contribution < -0.4 is 5.32 Å². The van der Waals surface area contributed by atoms with E-state index in [2.05, 4.69) is 5.32 Å². The predicted octanol–water partition coefficient (Wildman–Crippen LogP) is 3.80. The van der Waals surface area contributed by atoms with Crippen LogP contribution in [0.25, 0.3) is 6.08 Å². The van der Waals surface area contributed by atoms with E-state index in [1.807, 2.05) is 22.6 Å². The highest BCUT2D eigenvalue weighted by Crippen LogP contribution is 2.14. The highest BCUT2D eigenvalue weighted by atomic mass is 127. The van der Waals surface area contributed by atoms with Gasteiger partial charge in [0.1, 0.15) is 5.70 Å². The van der Waals surface area contributed by atoms with Gasteiger partial charge < -0.3 is 10.4 Å². The van der Waals surface area contributed by atoms with E-state index in [9.17, 15) is 14.7 Å². The van der Waals surface area contributed by atoms with Gasteiger partial charge in [-0.05, 0) is 58.5 Å². The van der Waals surface area contributed by atoms with Gasteiger partial charge in [0.2, 0.25) is 0 Å². The van der Waals surface area contributed by atoms with Gasteiger partial charge in [-0.3, -0.25) is 4.79 Å². The van der Waals surface area contributed by atoms with Gasteiger partial charge in [0.25, 0.3) is 5.91 Å². The lowest BCUT2D eigenvalue weighted by molar-refractivity contribution is -0.132. The summed E-state index contributed by atoms with van der Waals surface area (Å²) in [5, 5.41) is 12.2. The number of aliphatic carboxylic acids is 1. The minimum Gasteiger partial charge on any atom is -0.477 e. The van der Waals surface area contributed by atoms with Crippen LogP contribution >= 0.6 is 34.2 Å². The molecule has 1 amide bonds. The van der Waals surface area contributed by atoms with Gasteiger partial charge >= 0.3 is 5.97 Å². The number of carbonyl (C=O) groups is 2. The smallest absolute Gasteiger partial charge is 0.352 e. The van der Waals surface area contributed by atoms with Crippen LogP contribution in [0.3, 0.4) is 0 Å². The van der Waals surface area contributed by atoms with Gasteiger partial charge in [-0.1, -0.05) is 35.9 Å². The van der Waals surface area contributed by atoms with Crippen LogP contribution in [0.15, 0.2) is 54.2 Å². The normalized spacial score (nSPS) is 11.1. The van der Waals surface area contributed by atoms with Crippen LogP contribution in [-0.2, 0) is 4.79 Å². The molecule has 0 aliphatic carbocycles. The minimum absolute atomic E-state index is 0.202. The molecule has 2 rings (SSSR count). The van der Waals surface area contributed by atoms with Crippen LogP contribution in [0.4, 0.5) is 0 Å². The SMILES string of the molecule is O=C(O)/C(=C\c1ccc(Cl)cc1)NC(=O)c1ccccc1I. The summed E-state index contributed by atoms with van der Waals surface area (Å²) in [6.45, 7) is 0. The molecule has 4 nitrogen and oxygen atoms in total. The summed E-state index contributed by atoms with van der Waals surface area (Å²) in [4.78, 5) is 23.5. The molecule has 0 radical (unpaired) electrons. The second-order valence-electron chi connectivity index (χ2n) is 4.35. The number of nitrogens with one attached hydrogen (secondary N) is 1. The first-order chi connectivity index (χ1) is 10.5. The lowest BCUT2D eigenvalue weighted by Gasteiger charge is -2.07. The summed E-state index contributed by atoms with van der Waals surface area (Å²) in [6.07, 6.45) is 1.38. The zero-order valence-electron chi connectivity index (χ0n) is 11.2. The molecule has 2 aromatic rings. The molecule has 0 atom stereocenters. The quantitative estimate of drug-likeness (QED) is 0.576. The van der Waals surface area contributed by atoms with Crippen molar-refractivity contribution in [1.82, 2.24) is 5.32 Å². The Bertz CT molecular complexity index is 741. The second-order valence-corrected chi connectivity index (χ2v) is 5.95. The summed E-state index contributed by atoms with van der Waals surface area (Å²) in [7, 11) is 0. The van der Waals surface area contributed by atoms with Crippen LogP contribution in [0, 0.1) is 3.57 Å². The van der Waals surface area contributed by atoms with Crippen molar-refractivity contribution in [2.24, 2.45) is 0 Å². The molecule has 0 aliphatic heterocycles. The van der Waals surface area contributed by atoms with Crippen molar-refractivity contribution in [1.29, 1.82) is 0 Å². The van der Waals surface area contributed by atoms with Crippen molar-refractivity contribution in [2.45, 2.75) is 0 Å². The Morgan fingerprint density at radius 2 is 1.73 bits per heavy atom. The molecule has 0 bridgehead atoms. The average molecular weight is 428 g/mol. The van der Waals surface area contributed by atoms with Crippen molar-refractivity contribution in [3.63, 3.8) is 0 Å². The lowest BCUT2D eigenvalue weighted by Crippen LogP contribution is -2.27. The number of carboxylic acid groups (broad SMARTS) is 1. The third-order valence-electron chi connectivity index (χ3n) is 2.78. The Hall–Kier alpha value is -1.86. The van der Waals surface area contributed by atoms with Crippen molar-refractivity contribution >= 4 is 52.1 Å². The number of rotatable bonds is 4. The summed E-state index contributed by atoms with van der Waals surface area (Å²) >= 11 is 7.81. The Morgan fingerprint density at radius 1 is 1.09 bits per heavy atom. The zero-order chi connectivity index (χ0) is 16.1. The molecule has 0 aromatic heterocycles. The number of halogens is 2. The van der Waals surface area contributed by atoms with Crippen molar-refractivity contribution in [3.8, 4) is 0 Å². The number of hydrogen-bond donors (Lipinski definition) is 2. The molecule has 6 heteroatoms. The fourth-order valence-electron chi connectivity index (χ4n) is 1.71. The van der Waals surface area contributed by atoms with Crippen LogP contribution in [0.2, 0.25) is 5.02 Å². The van der Waals surface area contributed by atoms with Crippen LogP contribution in [-0.4, -0.2) is 17.0 Å². The van der Waals surface area contributed by atoms with Gasteiger partial charge in [0.05, 0.1) is 5.56 Å². The van der Waals surface area contributed by atoms with Gasteiger partial charge in [-0.2, -0.15) is 0 Å². The highest BCUT2D eigenvalue weighted by molar-refractivity contribution is 14.1. The summed E-state index contributed by atoms with van der Waals surface area (Å²) in [5.74, 6) is -1.68. The molecule has 22 heavy (non-hydrogen) atoms. The Morgan fingerprint density at radius 3 is 2.32 bits per heavy atom. The number of carbonyl (C=O) groups excluding carboxylic acids is 1. The van der Waals surface area contributed by atoms with E-state index in [0.717, 1.165) is 3.57 Å². The highest BCUT2D eigenvalue weighted by Gasteiger charge is 2.15. The second kappa shape index (κ2) is 7.42. The summed E-state index contributed by atoms with van der Waals surface area (Å²) in [6, 6.07) is 13.6. The molecule has 0 spiro atoms. The standard InChI is InChI=1S/C16H11ClINO3/c17-11-7-5-10(6-8-11)9-14(16(21)22)19-15(20)12-3-1-2-4-13(12)18/h1-9H,(H,19,20)(H,21,22)/b14-9+.